The van der Waals surface area contributed by atoms with Gasteiger partial charge in [0.2, 0.25) is 5.91 Å². The quantitative estimate of drug-likeness (QED) is 0.565. The number of likely N-dealkylation sites (N-methyl/N-ethyl adjacent to an activating group) is 1. The number of hydrogen-bond donors (Lipinski definition) is 0. The van der Waals surface area contributed by atoms with Gasteiger partial charge in [-0.05, 0) is 36.6 Å². The van der Waals surface area contributed by atoms with Crippen molar-refractivity contribution < 1.29 is 9.53 Å². The van der Waals surface area contributed by atoms with E-state index in [9.17, 15) is 4.79 Å². The topological polar surface area (TPSA) is 29.5 Å². The summed E-state index contributed by atoms with van der Waals surface area (Å²) >= 11 is 0. The molecule has 1 rings (SSSR count). The van der Waals surface area contributed by atoms with E-state index in [-0.39, 0.29) is 5.91 Å². The van der Waals surface area contributed by atoms with Crippen LogP contribution in [0.5, 0.6) is 5.75 Å². The summed E-state index contributed by atoms with van der Waals surface area (Å²) in [4.78, 5) is 13.5. The second kappa shape index (κ2) is 8.80. The van der Waals surface area contributed by atoms with Crippen LogP contribution in [0, 0.1) is 0 Å². The molecular weight excluding hydrogens is 262 g/mol. The fourth-order valence-electron chi connectivity index (χ4n) is 1.78. The van der Waals surface area contributed by atoms with Crippen molar-refractivity contribution in [2.45, 2.75) is 13.3 Å². The number of methoxy groups -OCH3 is 1. The maximum Gasteiger partial charge on any atom is 0.246 e. The number of allylic oxidation sites excluding steroid dienone is 3. The van der Waals surface area contributed by atoms with E-state index in [2.05, 4.69) is 6.58 Å². The average Bonchev–Trinajstić information content (AvgIpc) is 2.52. The van der Waals surface area contributed by atoms with Crippen LogP contribution in [0.15, 0.2) is 55.1 Å². The summed E-state index contributed by atoms with van der Waals surface area (Å²) in [5, 5.41) is 0. The SMILES string of the molecule is C=C(CCN(C)C(=O)/C=C/C=C/C)c1cccc(OC)c1. The van der Waals surface area contributed by atoms with Crippen molar-refractivity contribution in [2.24, 2.45) is 0 Å². The minimum absolute atomic E-state index is 0.00783. The zero-order valence-corrected chi connectivity index (χ0v) is 13.0. The second-order valence-corrected chi connectivity index (χ2v) is 4.73. The molecule has 112 valence electrons. The number of carbonyl (C=O) groups is 1. The largest absolute Gasteiger partial charge is 0.497 e. The lowest BCUT2D eigenvalue weighted by molar-refractivity contribution is -0.124. The first-order valence-electron chi connectivity index (χ1n) is 6.95. The molecule has 1 aromatic carbocycles. The number of ether oxygens (including phenoxy) is 1. The van der Waals surface area contributed by atoms with Crippen molar-refractivity contribution in [3.05, 3.63) is 60.7 Å². The van der Waals surface area contributed by atoms with Crippen LogP contribution in [-0.4, -0.2) is 31.5 Å². The van der Waals surface area contributed by atoms with Crippen molar-refractivity contribution in [1.82, 2.24) is 4.90 Å². The Kier molecular flexibility index (Phi) is 7.02. The Morgan fingerprint density at radius 3 is 2.81 bits per heavy atom. The zero-order chi connectivity index (χ0) is 15.7. The maximum absolute atomic E-state index is 11.8. The normalized spacial score (nSPS) is 11.0. The lowest BCUT2D eigenvalue weighted by atomic mass is 10.0. The van der Waals surface area contributed by atoms with Gasteiger partial charge in [0.05, 0.1) is 7.11 Å². The molecule has 0 bridgehead atoms. The summed E-state index contributed by atoms with van der Waals surface area (Å²) < 4.78 is 5.20. The highest BCUT2D eigenvalue weighted by Crippen LogP contribution is 2.21. The van der Waals surface area contributed by atoms with E-state index >= 15 is 0 Å². The molecule has 0 fully saturated rings. The minimum Gasteiger partial charge on any atom is -0.497 e. The van der Waals surface area contributed by atoms with Crippen LogP contribution in [0.3, 0.4) is 0 Å². The molecule has 0 saturated heterocycles. The molecule has 0 atom stereocenters. The Labute approximate surface area is 127 Å². The molecule has 1 aromatic rings. The molecule has 21 heavy (non-hydrogen) atoms. The molecule has 0 heterocycles. The molecule has 3 heteroatoms. The first kappa shape index (κ1) is 16.8. The van der Waals surface area contributed by atoms with Crippen molar-refractivity contribution in [3.63, 3.8) is 0 Å². The molecule has 0 aliphatic carbocycles. The van der Waals surface area contributed by atoms with Gasteiger partial charge in [0.1, 0.15) is 5.75 Å². The highest BCUT2D eigenvalue weighted by Gasteiger charge is 2.06. The number of hydrogen-bond acceptors (Lipinski definition) is 2. The Balaban J connectivity index is 2.53. The standard InChI is InChI=1S/C18H23NO2/c1-5-6-7-11-18(20)19(3)13-12-15(2)16-9-8-10-17(14-16)21-4/h5-11,14H,2,12-13H2,1,3-4H3/b6-5+,11-7+. The molecule has 0 spiro atoms. The fraction of sp³-hybridized carbons (Fsp3) is 0.278. The third-order valence-corrected chi connectivity index (χ3v) is 3.15. The molecular formula is C18H23NO2. The van der Waals surface area contributed by atoms with Crippen molar-refractivity contribution in [3.8, 4) is 5.75 Å². The van der Waals surface area contributed by atoms with Crippen molar-refractivity contribution in [2.75, 3.05) is 20.7 Å². The molecule has 0 aromatic heterocycles. The van der Waals surface area contributed by atoms with Gasteiger partial charge in [-0.15, -0.1) is 0 Å². The van der Waals surface area contributed by atoms with Crippen molar-refractivity contribution in [1.29, 1.82) is 0 Å². The fourth-order valence-corrected chi connectivity index (χ4v) is 1.78. The van der Waals surface area contributed by atoms with Crippen LogP contribution in [0.4, 0.5) is 0 Å². The van der Waals surface area contributed by atoms with E-state index in [0.717, 1.165) is 23.3 Å². The molecule has 0 aliphatic rings. The predicted octanol–water partition coefficient (Wildman–Crippen LogP) is 3.69. The van der Waals surface area contributed by atoms with Gasteiger partial charge in [-0.1, -0.05) is 36.9 Å². The van der Waals surface area contributed by atoms with E-state index in [0.29, 0.717) is 6.54 Å². The van der Waals surface area contributed by atoms with Gasteiger partial charge in [0, 0.05) is 19.7 Å². The van der Waals surface area contributed by atoms with E-state index < -0.39 is 0 Å². The third-order valence-electron chi connectivity index (χ3n) is 3.15. The Morgan fingerprint density at radius 1 is 1.38 bits per heavy atom. The number of nitrogens with zero attached hydrogens (tertiary/aromatic N) is 1. The van der Waals surface area contributed by atoms with Gasteiger partial charge in [-0.2, -0.15) is 0 Å². The third kappa shape index (κ3) is 5.69. The van der Waals surface area contributed by atoms with Gasteiger partial charge in [0.25, 0.3) is 0 Å². The first-order valence-corrected chi connectivity index (χ1v) is 6.95. The monoisotopic (exact) mass is 285 g/mol. The van der Waals surface area contributed by atoms with Gasteiger partial charge >= 0.3 is 0 Å². The summed E-state index contributed by atoms with van der Waals surface area (Å²) in [6.07, 6.45) is 7.76. The smallest absolute Gasteiger partial charge is 0.246 e. The average molecular weight is 285 g/mol. The first-order chi connectivity index (χ1) is 10.1. The van der Waals surface area contributed by atoms with Gasteiger partial charge < -0.3 is 9.64 Å². The van der Waals surface area contributed by atoms with Gasteiger partial charge in [-0.25, -0.2) is 0 Å². The Morgan fingerprint density at radius 2 is 2.14 bits per heavy atom. The van der Waals surface area contributed by atoms with E-state index in [1.54, 1.807) is 31.2 Å². The number of amides is 1. The number of carbonyl (C=O) groups excluding carboxylic acids is 1. The van der Waals surface area contributed by atoms with Crippen LogP contribution in [0.25, 0.3) is 5.57 Å². The van der Waals surface area contributed by atoms with E-state index in [1.807, 2.05) is 43.3 Å². The predicted molar refractivity (Wildman–Crippen MR) is 88.2 cm³/mol. The maximum atomic E-state index is 11.8. The van der Waals surface area contributed by atoms with E-state index in [4.69, 9.17) is 4.74 Å². The summed E-state index contributed by atoms with van der Waals surface area (Å²) in [5.74, 6) is 0.805. The molecule has 0 aliphatic heterocycles. The number of benzene rings is 1. The molecule has 1 amide bonds. The highest BCUT2D eigenvalue weighted by atomic mass is 16.5. The summed E-state index contributed by atoms with van der Waals surface area (Å²) in [7, 11) is 3.44. The van der Waals surface area contributed by atoms with Crippen LogP contribution >= 0.6 is 0 Å². The molecule has 0 N–H and O–H groups in total. The van der Waals surface area contributed by atoms with Crippen LogP contribution in [0.1, 0.15) is 18.9 Å². The summed E-state index contributed by atoms with van der Waals surface area (Å²) in [6, 6.07) is 7.79. The summed E-state index contributed by atoms with van der Waals surface area (Å²) in [5.41, 5.74) is 2.03. The molecule has 0 radical (unpaired) electrons. The Bertz CT molecular complexity index is 544. The highest BCUT2D eigenvalue weighted by molar-refractivity contribution is 5.87. The molecule has 0 unspecified atom stereocenters. The van der Waals surface area contributed by atoms with Gasteiger partial charge in [-0.3, -0.25) is 4.79 Å². The minimum atomic E-state index is -0.00783. The van der Waals surface area contributed by atoms with Crippen LogP contribution in [0.2, 0.25) is 0 Å². The van der Waals surface area contributed by atoms with Gasteiger partial charge in [0.15, 0.2) is 0 Å². The lowest BCUT2D eigenvalue weighted by Crippen LogP contribution is -2.25. The molecule has 0 saturated carbocycles. The zero-order valence-electron chi connectivity index (χ0n) is 13.0. The lowest BCUT2D eigenvalue weighted by Gasteiger charge is -2.16. The summed E-state index contributed by atoms with van der Waals surface area (Å²) in [6.45, 7) is 6.63. The molecule has 3 nitrogen and oxygen atoms in total. The Hall–Kier alpha value is -2.29. The second-order valence-electron chi connectivity index (χ2n) is 4.73. The van der Waals surface area contributed by atoms with Crippen LogP contribution in [-0.2, 0) is 4.79 Å². The number of rotatable bonds is 7. The van der Waals surface area contributed by atoms with E-state index in [1.165, 1.54) is 0 Å². The van der Waals surface area contributed by atoms with Crippen molar-refractivity contribution >= 4 is 11.5 Å². The van der Waals surface area contributed by atoms with Crippen LogP contribution < -0.4 is 4.74 Å².